The quantitative estimate of drug-likeness (QED) is 0.782. The van der Waals surface area contributed by atoms with Gasteiger partial charge < -0.3 is 10.0 Å². The Kier molecular flexibility index (Phi) is 2.13. The molecule has 0 spiro atoms. The number of carbonyl (C=O) groups is 1. The molecule has 1 saturated heterocycles. The molecule has 3 nitrogen and oxygen atoms in total. The van der Waals surface area contributed by atoms with Crippen molar-refractivity contribution in [1.82, 2.24) is 0 Å². The molecule has 1 aromatic carbocycles. The molecule has 2 aliphatic heterocycles. The van der Waals surface area contributed by atoms with E-state index in [-0.39, 0.29) is 6.04 Å². The van der Waals surface area contributed by atoms with Gasteiger partial charge in [0.25, 0.3) is 0 Å². The molecule has 1 aromatic rings. The van der Waals surface area contributed by atoms with Crippen LogP contribution in [0.15, 0.2) is 24.3 Å². The Morgan fingerprint density at radius 3 is 2.88 bits per heavy atom. The number of fused-ring (bicyclic) bond motifs is 3. The number of aliphatic carboxylic acids is 1. The summed E-state index contributed by atoms with van der Waals surface area (Å²) in [6, 6.07) is 8.33. The molecule has 0 amide bonds. The standard InChI is InChI=1S/C13H15NO2/c15-13(16)12-8-7-10-6-5-9-3-1-2-4-11(9)14(10)12/h1-4,10,12H,5-8H2,(H,15,16). The predicted octanol–water partition coefficient (Wildman–Crippen LogP) is 2.05. The molecule has 2 heterocycles. The van der Waals surface area contributed by atoms with Crippen LogP contribution in [0.2, 0.25) is 0 Å². The van der Waals surface area contributed by atoms with Crippen LogP contribution in [0.25, 0.3) is 0 Å². The van der Waals surface area contributed by atoms with Crippen molar-refractivity contribution in [3.05, 3.63) is 29.8 Å². The highest BCUT2D eigenvalue weighted by molar-refractivity contribution is 5.80. The Balaban J connectivity index is 2.04. The van der Waals surface area contributed by atoms with Crippen LogP contribution in [-0.2, 0) is 11.2 Å². The third-order valence-corrected chi connectivity index (χ3v) is 3.80. The molecule has 16 heavy (non-hydrogen) atoms. The van der Waals surface area contributed by atoms with E-state index in [0.717, 1.165) is 31.4 Å². The Labute approximate surface area is 94.7 Å². The molecular weight excluding hydrogens is 202 g/mol. The van der Waals surface area contributed by atoms with Crippen LogP contribution >= 0.6 is 0 Å². The minimum absolute atomic E-state index is 0.313. The first-order chi connectivity index (χ1) is 7.77. The van der Waals surface area contributed by atoms with Crippen molar-refractivity contribution in [2.75, 3.05) is 4.90 Å². The zero-order valence-corrected chi connectivity index (χ0v) is 9.10. The van der Waals surface area contributed by atoms with E-state index in [9.17, 15) is 9.90 Å². The zero-order valence-electron chi connectivity index (χ0n) is 9.10. The summed E-state index contributed by atoms with van der Waals surface area (Å²) < 4.78 is 0. The number of hydrogen-bond acceptors (Lipinski definition) is 2. The molecular formula is C13H15NO2. The summed E-state index contributed by atoms with van der Waals surface area (Å²) in [7, 11) is 0. The number of aryl methyl sites for hydroxylation is 1. The van der Waals surface area contributed by atoms with Gasteiger partial charge in [0, 0.05) is 11.7 Å². The number of carboxylic acids is 1. The summed E-state index contributed by atoms with van der Waals surface area (Å²) in [4.78, 5) is 13.4. The molecule has 1 fully saturated rings. The van der Waals surface area contributed by atoms with E-state index in [1.165, 1.54) is 5.56 Å². The third-order valence-electron chi connectivity index (χ3n) is 3.80. The van der Waals surface area contributed by atoms with E-state index in [2.05, 4.69) is 17.0 Å². The first kappa shape index (κ1) is 9.70. The largest absolute Gasteiger partial charge is 0.480 e. The maximum absolute atomic E-state index is 11.2. The SMILES string of the molecule is O=C(O)C1CCC2CCc3ccccc3N21. The molecule has 3 rings (SSSR count). The van der Waals surface area contributed by atoms with Crippen LogP contribution in [0.4, 0.5) is 5.69 Å². The van der Waals surface area contributed by atoms with Gasteiger partial charge >= 0.3 is 5.97 Å². The van der Waals surface area contributed by atoms with E-state index < -0.39 is 5.97 Å². The molecule has 0 aliphatic carbocycles. The highest BCUT2D eigenvalue weighted by Gasteiger charge is 2.40. The van der Waals surface area contributed by atoms with Gasteiger partial charge in [0.15, 0.2) is 0 Å². The summed E-state index contributed by atoms with van der Waals surface area (Å²) in [5, 5.41) is 9.24. The van der Waals surface area contributed by atoms with Crippen molar-refractivity contribution in [3.8, 4) is 0 Å². The summed E-state index contributed by atoms with van der Waals surface area (Å²) in [5.41, 5.74) is 2.44. The lowest BCUT2D eigenvalue weighted by atomic mass is 9.96. The van der Waals surface area contributed by atoms with Gasteiger partial charge in [-0.25, -0.2) is 4.79 Å². The molecule has 0 saturated carbocycles. The van der Waals surface area contributed by atoms with Crippen LogP contribution in [-0.4, -0.2) is 23.2 Å². The third kappa shape index (κ3) is 1.31. The van der Waals surface area contributed by atoms with E-state index >= 15 is 0 Å². The maximum Gasteiger partial charge on any atom is 0.326 e. The molecule has 2 unspecified atom stereocenters. The predicted molar refractivity (Wildman–Crippen MR) is 61.7 cm³/mol. The second-order valence-electron chi connectivity index (χ2n) is 4.66. The summed E-state index contributed by atoms with van der Waals surface area (Å²) in [5.74, 6) is -0.681. The van der Waals surface area contributed by atoms with Crippen LogP contribution in [0.1, 0.15) is 24.8 Å². The number of hydrogen-bond donors (Lipinski definition) is 1. The van der Waals surface area contributed by atoms with Gasteiger partial charge in [-0.1, -0.05) is 18.2 Å². The summed E-state index contributed by atoms with van der Waals surface area (Å²) >= 11 is 0. The average molecular weight is 217 g/mol. The molecule has 84 valence electrons. The van der Waals surface area contributed by atoms with Gasteiger partial charge in [-0.15, -0.1) is 0 Å². The van der Waals surface area contributed by atoms with Gasteiger partial charge in [-0.3, -0.25) is 0 Å². The van der Waals surface area contributed by atoms with E-state index in [1.54, 1.807) is 0 Å². The lowest BCUT2D eigenvalue weighted by molar-refractivity contribution is -0.138. The van der Waals surface area contributed by atoms with E-state index in [4.69, 9.17) is 0 Å². The minimum atomic E-state index is -0.681. The topological polar surface area (TPSA) is 40.5 Å². The Morgan fingerprint density at radius 2 is 2.06 bits per heavy atom. The van der Waals surface area contributed by atoms with Gasteiger partial charge in [-0.05, 0) is 37.3 Å². The summed E-state index contributed by atoms with van der Waals surface area (Å²) in [6.07, 6.45) is 3.99. The van der Waals surface area contributed by atoms with Crippen molar-refractivity contribution in [3.63, 3.8) is 0 Å². The van der Waals surface area contributed by atoms with Gasteiger partial charge in [-0.2, -0.15) is 0 Å². The monoisotopic (exact) mass is 217 g/mol. The molecule has 1 N–H and O–H groups in total. The van der Waals surface area contributed by atoms with Crippen molar-refractivity contribution in [1.29, 1.82) is 0 Å². The van der Waals surface area contributed by atoms with Crippen molar-refractivity contribution < 1.29 is 9.90 Å². The van der Waals surface area contributed by atoms with Crippen molar-refractivity contribution in [2.45, 2.75) is 37.8 Å². The van der Waals surface area contributed by atoms with Crippen LogP contribution in [0.3, 0.4) is 0 Å². The molecule has 0 aromatic heterocycles. The molecule has 0 radical (unpaired) electrons. The number of nitrogens with zero attached hydrogens (tertiary/aromatic N) is 1. The minimum Gasteiger partial charge on any atom is -0.480 e. The maximum atomic E-state index is 11.2. The molecule has 2 atom stereocenters. The molecule has 2 aliphatic rings. The van der Waals surface area contributed by atoms with Gasteiger partial charge in [0.2, 0.25) is 0 Å². The fourth-order valence-electron chi connectivity index (χ4n) is 3.07. The second-order valence-corrected chi connectivity index (χ2v) is 4.66. The highest BCUT2D eigenvalue weighted by atomic mass is 16.4. The number of carboxylic acid groups (broad SMARTS) is 1. The molecule has 3 heteroatoms. The Hall–Kier alpha value is -1.51. The van der Waals surface area contributed by atoms with E-state index in [0.29, 0.717) is 6.04 Å². The fraction of sp³-hybridized carbons (Fsp3) is 0.462. The Bertz CT molecular complexity index is 430. The normalized spacial score (nSPS) is 27.4. The Morgan fingerprint density at radius 1 is 1.25 bits per heavy atom. The number of benzene rings is 1. The smallest absolute Gasteiger partial charge is 0.326 e. The first-order valence-corrected chi connectivity index (χ1v) is 5.86. The fourth-order valence-corrected chi connectivity index (χ4v) is 3.07. The molecule has 0 bridgehead atoms. The van der Waals surface area contributed by atoms with Gasteiger partial charge in [0.05, 0.1) is 0 Å². The van der Waals surface area contributed by atoms with Crippen LogP contribution in [0, 0.1) is 0 Å². The highest BCUT2D eigenvalue weighted by Crippen LogP contribution is 2.39. The number of para-hydroxylation sites is 1. The summed E-state index contributed by atoms with van der Waals surface area (Å²) in [6.45, 7) is 0. The lowest BCUT2D eigenvalue weighted by Gasteiger charge is -2.36. The number of rotatable bonds is 1. The average Bonchev–Trinajstić information content (AvgIpc) is 2.73. The van der Waals surface area contributed by atoms with Crippen molar-refractivity contribution in [2.24, 2.45) is 0 Å². The van der Waals surface area contributed by atoms with Crippen molar-refractivity contribution >= 4 is 11.7 Å². The van der Waals surface area contributed by atoms with Crippen LogP contribution < -0.4 is 4.90 Å². The second kappa shape index (κ2) is 3.51. The van der Waals surface area contributed by atoms with E-state index in [1.807, 2.05) is 12.1 Å². The first-order valence-electron chi connectivity index (χ1n) is 5.86. The van der Waals surface area contributed by atoms with Crippen LogP contribution in [0.5, 0.6) is 0 Å². The number of anilines is 1. The zero-order chi connectivity index (χ0) is 11.1. The van der Waals surface area contributed by atoms with Gasteiger partial charge in [0.1, 0.15) is 6.04 Å². The lowest BCUT2D eigenvalue weighted by Crippen LogP contribution is -2.43.